The molecule has 0 radical (unpaired) electrons. The summed E-state index contributed by atoms with van der Waals surface area (Å²) in [6, 6.07) is 0. The molecule has 0 N–H and O–H groups in total. The Morgan fingerprint density at radius 2 is 2.25 bits per heavy atom. The average molecular weight is 220 g/mol. The molecule has 0 bridgehead atoms. The first-order valence-electron chi connectivity index (χ1n) is 3.85. The minimum Gasteiger partial charge on any atom is -0.282 e. The molecule has 4 heteroatoms. The summed E-state index contributed by atoms with van der Waals surface area (Å²) < 4.78 is 0.732. The number of rotatable bonds is 4. The van der Waals surface area contributed by atoms with Crippen LogP contribution >= 0.6 is 35.3 Å². The minimum atomic E-state index is 0.1000. The molecule has 0 aromatic rings. The molecule has 1 nitrogen and oxygen atoms in total. The topological polar surface area (TPSA) is 17.1 Å². The number of thioether (sulfide) groups is 3. The molecule has 0 spiro atoms. The first-order chi connectivity index (χ1) is 5.83. The van der Waals surface area contributed by atoms with Gasteiger partial charge in [0, 0.05) is 17.3 Å². The standard InChI is InChI=1S/C8H12OS3/c1-2-7(9)10-4-3-8-11-5-6-12-8/h2,8H,1,3-6H2. The second-order valence-corrected chi connectivity index (χ2v) is 6.35. The Hall–Kier alpha value is 0.460. The molecular formula is C8H12OS3. The maximum absolute atomic E-state index is 10.8. The Morgan fingerprint density at radius 3 is 2.83 bits per heavy atom. The van der Waals surface area contributed by atoms with E-state index in [1.54, 1.807) is 0 Å². The van der Waals surface area contributed by atoms with Gasteiger partial charge in [-0.1, -0.05) is 18.3 Å². The minimum absolute atomic E-state index is 0.1000. The monoisotopic (exact) mass is 220 g/mol. The molecule has 68 valence electrons. The first kappa shape index (κ1) is 10.5. The van der Waals surface area contributed by atoms with Crippen LogP contribution in [0.3, 0.4) is 0 Å². The molecule has 0 aliphatic carbocycles. The number of hydrogen-bond acceptors (Lipinski definition) is 4. The molecule has 0 unspecified atom stereocenters. The van der Waals surface area contributed by atoms with Gasteiger partial charge in [-0.3, -0.25) is 4.79 Å². The van der Waals surface area contributed by atoms with E-state index in [0.29, 0.717) is 0 Å². The van der Waals surface area contributed by atoms with Crippen molar-refractivity contribution in [3.05, 3.63) is 12.7 Å². The highest BCUT2D eigenvalue weighted by Gasteiger charge is 2.15. The number of carbonyl (C=O) groups is 1. The lowest BCUT2D eigenvalue weighted by Crippen LogP contribution is -1.96. The normalized spacial score (nSPS) is 18.0. The van der Waals surface area contributed by atoms with Crippen LogP contribution in [0.25, 0.3) is 0 Å². The fraction of sp³-hybridized carbons (Fsp3) is 0.625. The summed E-state index contributed by atoms with van der Waals surface area (Å²) in [5, 5.41) is 0.1000. The van der Waals surface area contributed by atoms with Gasteiger partial charge in [0.1, 0.15) is 0 Å². The predicted octanol–water partition coefficient (Wildman–Crippen LogP) is 2.63. The Bertz CT molecular complexity index is 164. The van der Waals surface area contributed by atoms with Gasteiger partial charge in [0.2, 0.25) is 5.12 Å². The third kappa shape index (κ3) is 3.92. The third-order valence-corrected chi connectivity index (χ3v) is 5.52. The van der Waals surface area contributed by atoms with E-state index in [2.05, 4.69) is 6.58 Å². The van der Waals surface area contributed by atoms with Crippen LogP contribution in [0.1, 0.15) is 6.42 Å². The van der Waals surface area contributed by atoms with E-state index in [4.69, 9.17) is 0 Å². The van der Waals surface area contributed by atoms with Crippen molar-refractivity contribution in [2.24, 2.45) is 0 Å². The maximum Gasteiger partial charge on any atom is 0.211 e. The van der Waals surface area contributed by atoms with Gasteiger partial charge in [-0.15, -0.1) is 23.5 Å². The van der Waals surface area contributed by atoms with Gasteiger partial charge in [-0.25, -0.2) is 0 Å². The van der Waals surface area contributed by atoms with Gasteiger partial charge >= 0.3 is 0 Å². The van der Waals surface area contributed by atoms with Crippen molar-refractivity contribution in [1.29, 1.82) is 0 Å². The summed E-state index contributed by atoms with van der Waals surface area (Å²) in [6.45, 7) is 3.43. The molecule has 1 fully saturated rings. The Kier molecular flexibility index (Phi) is 5.27. The lowest BCUT2D eigenvalue weighted by atomic mass is 10.6. The lowest BCUT2D eigenvalue weighted by Gasteiger charge is -2.04. The van der Waals surface area contributed by atoms with Crippen LogP contribution in [-0.2, 0) is 4.79 Å². The zero-order chi connectivity index (χ0) is 8.81. The van der Waals surface area contributed by atoms with Crippen LogP contribution in [0.5, 0.6) is 0 Å². The van der Waals surface area contributed by atoms with Crippen molar-refractivity contribution in [3.63, 3.8) is 0 Å². The van der Waals surface area contributed by atoms with E-state index in [9.17, 15) is 4.79 Å². The smallest absolute Gasteiger partial charge is 0.211 e. The SMILES string of the molecule is C=CC(=O)SCCC1SCCS1. The number of hydrogen-bond donors (Lipinski definition) is 0. The molecule has 1 saturated heterocycles. The Balaban J connectivity index is 2.01. The summed E-state index contributed by atoms with van der Waals surface area (Å²) in [5.74, 6) is 3.49. The van der Waals surface area contributed by atoms with Gasteiger partial charge < -0.3 is 0 Å². The zero-order valence-electron chi connectivity index (χ0n) is 6.82. The van der Waals surface area contributed by atoms with Crippen molar-refractivity contribution < 1.29 is 4.79 Å². The van der Waals surface area contributed by atoms with Crippen molar-refractivity contribution in [3.8, 4) is 0 Å². The molecule has 0 atom stereocenters. The van der Waals surface area contributed by atoms with E-state index in [0.717, 1.165) is 16.8 Å². The van der Waals surface area contributed by atoms with E-state index in [1.165, 1.54) is 29.3 Å². The fourth-order valence-electron chi connectivity index (χ4n) is 0.889. The Morgan fingerprint density at radius 1 is 1.58 bits per heavy atom. The molecule has 12 heavy (non-hydrogen) atoms. The zero-order valence-corrected chi connectivity index (χ0v) is 9.27. The van der Waals surface area contributed by atoms with Crippen LogP contribution in [0.2, 0.25) is 0 Å². The molecule has 0 amide bonds. The van der Waals surface area contributed by atoms with E-state index >= 15 is 0 Å². The molecule has 1 rings (SSSR count). The highest BCUT2D eigenvalue weighted by atomic mass is 32.2. The van der Waals surface area contributed by atoms with Crippen molar-refractivity contribution in [2.45, 2.75) is 11.0 Å². The second kappa shape index (κ2) is 6.00. The predicted molar refractivity (Wildman–Crippen MR) is 61.0 cm³/mol. The van der Waals surface area contributed by atoms with Crippen molar-refractivity contribution in [1.82, 2.24) is 0 Å². The molecule has 0 aromatic heterocycles. The first-order valence-corrected chi connectivity index (χ1v) is 6.93. The third-order valence-electron chi connectivity index (χ3n) is 1.46. The quantitative estimate of drug-likeness (QED) is 0.677. The molecule has 1 aliphatic rings. The van der Waals surface area contributed by atoms with Gasteiger partial charge in [0.05, 0.1) is 4.58 Å². The summed E-state index contributed by atoms with van der Waals surface area (Å²) >= 11 is 5.41. The van der Waals surface area contributed by atoms with Gasteiger partial charge in [-0.2, -0.15) is 0 Å². The Labute approximate surface area is 86.1 Å². The highest BCUT2D eigenvalue weighted by Crippen LogP contribution is 2.34. The second-order valence-electron chi connectivity index (χ2n) is 2.33. The highest BCUT2D eigenvalue weighted by molar-refractivity contribution is 8.20. The summed E-state index contributed by atoms with van der Waals surface area (Å²) in [4.78, 5) is 10.8. The summed E-state index contributed by atoms with van der Waals surface area (Å²) in [5.41, 5.74) is 0. The van der Waals surface area contributed by atoms with Gasteiger partial charge in [0.15, 0.2) is 0 Å². The van der Waals surface area contributed by atoms with Crippen LogP contribution < -0.4 is 0 Å². The van der Waals surface area contributed by atoms with Gasteiger partial charge in [0.25, 0.3) is 0 Å². The summed E-state index contributed by atoms with van der Waals surface area (Å²) in [7, 11) is 0. The van der Waals surface area contributed by atoms with Crippen molar-refractivity contribution in [2.75, 3.05) is 17.3 Å². The van der Waals surface area contributed by atoms with Crippen LogP contribution in [0, 0.1) is 0 Å². The number of carbonyl (C=O) groups excluding carboxylic acids is 1. The van der Waals surface area contributed by atoms with E-state index < -0.39 is 0 Å². The molecule has 1 aliphatic heterocycles. The van der Waals surface area contributed by atoms with Crippen molar-refractivity contribution >= 4 is 40.4 Å². The summed E-state index contributed by atoms with van der Waals surface area (Å²) in [6.07, 6.45) is 2.53. The fourth-order valence-corrected chi connectivity index (χ4v) is 4.69. The maximum atomic E-state index is 10.8. The van der Waals surface area contributed by atoms with Crippen LogP contribution in [-0.4, -0.2) is 27.0 Å². The molecule has 0 aromatic carbocycles. The lowest BCUT2D eigenvalue weighted by molar-refractivity contribution is -0.107. The molecule has 0 saturated carbocycles. The average Bonchev–Trinajstić information content (AvgIpc) is 2.57. The largest absolute Gasteiger partial charge is 0.282 e. The molecular weight excluding hydrogens is 208 g/mol. The van der Waals surface area contributed by atoms with Gasteiger partial charge in [-0.05, 0) is 12.5 Å². The van der Waals surface area contributed by atoms with E-state index in [-0.39, 0.29) is 5.12 Å². The van der Waals surface area contributed by atoms with Crippen LogP contribution in [0.4, 0.5) is 0 Å². The van der Waals surface area contributed by atoms with Crippen LogP contribution in [0.15, 0.2) is 12.7 Å². The molecule has 1 heterocycles. The van der Waals surface area contributed by atoms with E-state index in [1.807, 2.05) is 23.5 Å².